The molecule has 1 aliphatic carbocycles. The minimum absolute atomic E-state index is 0.132. The van der Waals surface area contributed by atoms with Crippen LogP contribution in [-0.2, 0) is 6.42 Å². The lowest BCUT2D eigenvalue weighted by Gasteiger charge is -2.23. The molecule has 0 bridgehead atoms. The van der Waals surface area contributed by atoms with Crippen LogP contribution < -0.4 is 0 Å². The van der Waals surface area contributed by atoms with Crippen LogP contribution in [0.3, 0.4) is 0 Å². The van der Waals surface area contributed by atoms with E-state index in [4.69, 9.17) is 0 Å². The maximum absolute atomic E-state index is 14.2. The molecular weight excluding hydrogens is 235 g/mol. The molecule has 1 aromatic rings. The largest absolute Gasteiger partial charge is 0.211 e. The summed E-state index contributed by atoms with van der Waals surface area (Å²) in [7, 11) is 0. The summed E-state index contributed by atoms with van der Waals surface area (Å²) in [4.78, 5) is 0. The lowest BCUT2D eigenvalue weighted by molar-refractivity contribution is 0.390. The highest BCUT2D eigenvalue weighted by Crippen LogP contribution is 2.37. The molecule has 0 spiro atoms. The first-order valence-corrected chi connectivity index (χ1v) is 7.71. The van der Waals surface area contributed by atoms with E-state index in [0.29, 0.717) is 12.3 Å². The Morgan fingerprint density at radius 2 is 1.84 bits per heavy atom. The molecule has 1 heteroatoms. The van der Waals surface area contributed by atoms with E-state index in [1.165, 1.54) is 12.0 Å². The first-order chi connectivity index (χ1) is 9.24. The summed E-state index contributed by atoms with van der Waals surface area (Å²) in [5.41, 5.74) is 3.40. The van der Waals surface area contributed by atoms with Crippen molar-refractivity contribution in [3.05, 3.63) is 41.2 Å². The molecule has 0 N–H and O–H groups in total. The molecule has 1 aromatic carbocycles. The number of hydrogen-bond acceptors (Lipinski definition) is 0. The van der Waals surface area contributed by atoms with Gasteiger partial charge in [-0.3, -0.25) is 0 Å². The van der Waals surface area contributed by atoms with Gasteiger partial charge < -0.3 is 0 Å². The molecule has 0 aromatic heterocycles. The van der Waals surface area contributed by atoms with Gasteiger partial charge in [-0.25, -0.2) is 4.39 Å². The third-order valence-electron chi connectivity index (χ3n) is 4.14. The smallest absolute Gasteiger partial charge is 0.104 e. The van der Waals surface area contributed by atoms with Crippen molar-refractivity contribution in [2.75, 3.05) is 0 Å². The van der Waals surface area contributed by atoms with Gasteiger partial charge in [0.25, 0.3) is 0 Å². The first kappa shape index (κ1) is 14.3. The van der Waals surface area contributed by atoms with E-state index in [2.05, 4.69) is 38.1 Å². The van der Waals surface area contributed by atoms with Crippen molar-refractivity contribution in [1.29, 1.82) is 0 Å². The molecule has 1 aliphatic rings. The monoisotopic (exact) mass is 260 g/mol. The van der Waals surface area contributed by atoms with Gasteiger partial charge >= 0.3 is 0 Å². The lowest BCUT2D eigenvalue weighted by Crippen LogP contribution is -2.08. The second kappa shape index (κ2) is 6.88. The van der Waals surface area contributed by atoms with E-state index in [1.54, 1.807) is 0 Å². The van der Waals surface area contributed by atoms with Crippen LogP contribution >= 0.6 is 0 Å². The maximum Gasteiger partial charge on any atom is 0.104 e. The van der Waals surface area contributed by atoms with Crippen LogP contribution in [0.4, 0.5) is 4.39 Å². The summed E-state index contributed by atoms with van der Waals surface area (Å²) in [6.07, 6.45) is 7.31. The number of hydrogen-bond donors (Lipinski definition) is 0. The molecule has 1 atom stereocenters. The van der Waals surface area contributed by atoms with E-state index >= 15 is 0 Å². The second-order valence-electron chi connectivity index (χ2n) is 5.73. The Kier molecular flexibility index (Phi) is 5.18. The Morgan fingerprint density at radius 1 is 1.11 bits per heavy atom. The van der Waals surface area contributed by atoms with E-state index < -0.39 is 0 Å². The molecule has 19 heavy (non-hydrogen) atoms. The van der Waals surface area contributed by atoms with Crippen LogP contribution in [0.2, 0.25) is 0 Å². The number of benzene rings is 1. The lowest BCUT2D eigenvalue weighted by atomic mass is 9.83. The fourth-order valence-electron chi connectivity index (χ4n) is 3.08. The second-order valence-corrected chi connectivity index (χ2v) is 5.73. The molecule has 104 valence electrons. The topological polar surface area (TPSA) is 0 Å². The van der Waals surface area contributed by atoms with Crippen molar-refractivity contribution < 1.29 is 4.39 Å². The van der Waals surface area contributed by atoms with Crippen molar-refractivity contribution in [3.8, 4) is 0 Å². The van der Waals surface area contributed by atoms with E-state index in [1.807, 2.05) is 0 Å². The maximum atomic E-state index is 14.2. The van der Waals surface area contributed by atoms with E-state index in [0.717, 1.165) is 43.2 Å². The molecule has 1 unspecified atom stereocenters. The van der Waals surface area contributed by atoms with Gasteiger partial charge in [-0.2, -0.15) is 0 Å². The zero-order chi connectivity index (χ0) is 13.7. The number of rotatable bonds is 5. The fraction of sp³-hybridized carbons (Fsp3) is 0.556. The van der Waals surface area contributed by atoms with Crippen LogP contribution in [0.5, 0.6) is 0 Å². The summed E-state index contributed by atoms with van der Waals surface area (Å²) in [6.45, 7) is 4.37. The normalized spacial score (nSPS) is 19.8. The molecule has 0 aliphatic heterocycles. The van der Waals surface area contributed by atoms with Crippen LogP contribution in [0, 0.1) is 5.92 Å². The summed E-state index contributed by atoms with van der Waals surface area (Å²) < 4.78 is 14.2. The SMILES string of the molecule is CCCc1ccc(C2=C(F)CC(CCC)CC2)cc1. The van der Waals surface area contributed by atoms with E-state index in [9.17, 15) is 4.39 Å². The summed E-state index contributed by atoms with van der Waals surface area (Å²) in [6, 6.07) is 8.49. The Morgan fingerprint density at radius 3 is 2.42 bits per heavy atom. The summed E-state index contributed by atoms with van der Waals surface area (Å²) >= 11 is 0. The quantitative estimate of drug-likeness (QED) is 0.616. The summed E-state index contributed by atoms with van der Waals surface area (Å²) in [5.74, 6) is 0.695. The van der Waals surface area contributed by atoms with Crippen molar-refractivity contribution in [2.45, 2.75) is 58.8 Å². The predicted molar refractivity (Wildman–Crippen MR) is 80.7 cm³/mol. The number of aryl methyl sites for hydroxylation is 1. The van der Waals surface area contributed by atoms with Gasteiger partial charge in [-0.05, 0) is 41.9 Å². The predicted octanol–water partition coefficient (Wildman–Crippen LogP) is 5.92. The molecule has 0 fully saturated rings. The van der Waals surface area contributed by atoms with Gasteiger partial charge in [0.1, 0.15) is 5.83 Å². The molecule has 2 rings (SSSR count). The van der Waals surface area contributed by atoms with Crippen molar-refractivity contribution >= 4 is 5.57 Å². The molecule has 0 nitrogen and oxygen atoms in total. The van der Waals surface area contributed by atoms with Crippen molar-refractivity contribution in [3.63, 3.8) is 0 Å². The first-order valence-electron chi connectivity index (χ1n) is 7.71. The van der Waals surface area contributed by atoms with Gasteiger partial charge in [0.2, 0.25) is 0 Å². The molecule has 0 radical (unpaired) electrons. The number of halogens is 1. The minimum Gasteiger partial charge on any atom is -0.211 e. The fourth-order valence-corrected chi connectivity index (χ4v) is 3.08. The highest BCUT2D eigenvalue weighted by atomic mass is 19.1. The Labute approximate surface area is 116 Å². The third kappa shape index (κ3) is 3.68. The highest BCUT2D eigenvalue weighted by molar-refractivity contribution is 5.68. The van der Waals surface area contributed by atoms with Gasteiger partial charge in [-0.1, -0.05) is 57.4 Å². The highest BCUT2D eigenvalue weighted by Gasteiger charge is 2.21. The standard InChI is InChI=1S/C18H25F/c1-3-5-14-7-10-16(11-8-14)17-12-9-15(6-4-2)13-18(17)19/h7-8,10-11,15H,3-6,9,12-13H2,1-2H3. The zero-order valence-corrected chi connectivity index (χ0v) is 12.2. The Hall–Kier alpha value is -1.11. The molecule has 0 heterocycles. The van der Waals surface area contributed by atoms with Gasteiger partial charge in [0.15, 0.2) is 0 Å². The minimum atomic E-state index is 0.132. The molecule has 0 saturated carbocycles. The molecule has 0 amide bonds. The van der Waals surface area contributed by atoms with Gasteiger partial charge in [0.05, 0.1) is 0 Å². The Balaban J connectivity index is 2.10. The Bertz CT molecular complexity index is 428. The third-order valence-corrected chi connectivity index (χ3v) is 4.14. The van der Waals surface area contributed by atoms with Crippen LogP contribution in [0.15, 0.2) is 30.1 Å². The average Bonchev–Trinajstić information content (AvgIpc) is 2.41. The van der Waals surface area contributed by atoms with E-state index in [-0.39, 0.29) is 5.83 Å². The van der Waals surface area contributed by atoms with Crippen LogP contribution in [0.1, 0.15) is 63.5 Å². The van der Waals surface area contributed by atoms with Crippen LogP contribution in [0.25, 0.3) is 5.57 Å². The summed E-state index contributed by atoms with van der Waals surface area (Å²) in [5, 5.41) is 0. The van der Waals surface area contributed by atoms with Gasteiger partial charge in [0, 0.05) is 6.42 Å². The molecular formula is C18H25F. The number of allylic oxidation sites excluding steroid dienone is 2. The van der Waals surface area contributed by atoms with Crippen molar-refractivity contribution in [2.24, 2.45) is 5.92 Å². The van der Waals surface area contributed by atoms with Crippen LogP contribution in [-0.4, -0.2) is 0 Å². The molecule has 0 saturated heterocycles. The zero-order valence-electron chi connectivity index (χ0n) is 12.2. The average molecular weight is 260 g/mol. The van der Waals surface area contributed by atoms with Crippen molar-refractivity contribution in [1.82, 2.24) is 0 Å². The van der Waals surface area contributed by atoms with Gasteiger partial charge in [-0.15, -0.1) is 0 Å².